The number of aryl methyl sites for hydroxylation is 1. The van der Waals surface area contributed by atoms with E-state index in [0.29, 0.717) is 5.82 Å². The zero-order valence-corrected chi connectivity index (χ0v) is 15.9. The Morgan fingerprint density at radius 1 is 1.32 bits per heavy atom. The number of nitrogens with zero attached hydrogens (tertiary/aromatic N) is 2. The van der Waals surface area contributed by atoms with Crippen molar-refractivity contribution in [1.82, 2.24) is 14.3 Å². The van der Waals surface area contributed by atoms with Crippen LogP contribution in [0.25, 0.3) is 10.1 Å². The Balaban J connectivity index is 1.77. The van der Waals surface area contributed by atoms with Gasteiger partial charge in [0.2, 0.25) is 0 Å². The van der Waals surface area contributed by atoms with Crippen molar-refractivity contribution in [2.75, 3.05) is 6.54 Å². The van der Waals surface area contributed by atoms with Crippen molar-refractivity contribution in [3.63, 3.8) is 0 Å². The minimum Gasteiger partial charge on any atom is -0.387 e. The average Bonchev–Trinajstić information content (AvgIpc) is 3.16. The van der Waals surface area contributed by atoms with Gasteiger partial charge in [0.15, 0.2) is 5.03 Å². The quantitative estimate of drug-likeness (QED) is 0.690. The summed E-state index contributed by atoms with van der Waals surface area (Å²) in [6.07, 6.45) is 0.573. The number of sulfonamides is 1. The van der Waals surface area contributed by atoms with Crippen molar-refractivity contribution in [2.45, 2.75) is 30.9 Å². The Kier molecular flexibility index (Phi) is 4.97. The number of aromatic nitrogens is 2. The Labute approximate surface area is 151 Å². The van der Waals surface area contributed by atoms with Crippen LogP contribution in [0.2, 0.25) is 0 Å². The molecule has 3 aromatic rings. The maximum absolute atomic E-state index is 12.5. The Hall–Kier alpha value is -1.74. The molecule has 0 amide bonds. The van der Waals surface area contributed by atoms with Gasteiger partial charge in [-0.25, -0.2) is 18.1 Å². The molecule has 0 bridgehead atoms. The normalized spacial score (nSPS) is 13.6. The van der Waals surface area contributed by atoms with Gasteiger partial charge in [-0.2, -0.15) is 0 Å². The van der Waals surface area contributed by atoms with E-state index in [-0.39, 0.29) is 17.5 Å². The zero-order chi connectivity index (χ0) is 18.2. The molecule has 3 rings (SSSR count). The lowest BCUT2D eigenvalue weighted by molar-refractivity contribution is 0.184. The molecule has 1 atom stereocenters. The second-order valence-corrected chi connectivity index (χ2v) is 8.88. The summed E-state index contributed by atoms with van der Waals surface area (Å²) < 4.78 is 30.2. The summed E-state index contributed by atoms with van der Waals surface area (Å²) in [5, 5.41) is 13.2. The van der Waals surface area contributed by atoms with Crippen molar-refractivity contribution < 1.29 is 13.5 Å². The first-order valence-corrected chi connectivity index (χ1v) is 10.3. The van der Waals surface area contributed by atoms with E-state index in [1.165, 1.54) is 17.5 Å². The summed E-state index contributed by atoms with van der Waals surface area (Å²) >= 11 is 1.53. The standard InChI is InChI=1S/C17H21N3O3S2/c1-11(2)17-19-16(9-20(17)3)25(22,23)18-8-14(21)13-10-24-15-7-5-4-6-12(13)15/h4-7,9-11,14,18,21H,8H2,1-3H3/t14-/m0/s1. The van der Waals surface area contributed by atoms with Crippen LogP contribution in [0.3, 0.4) is 0 Å². The molecule has 25 heavy (non-hydrogen) atoms. The van der Waals surface area contributed by atoms with Crippen molar-refractivity contribution >= 4 is 31.4 Å². The van der Waals surface area contributed by atoms with Gasteiger partial charge in [-0.15, -0.1) is 11.3 Å². The van der Waals surface area contributed by atoms with Crippen LogP contribution in [-0.2, 0) is 17.1 Å². The summed E-state index contributed by atoms with van der Waals surface area (Å²) in [6, 6.07) is 7.73. The zero-order valence-electron chi connectivity index (χ0n) is 14.3. The first-order valence-electron chi connectivity index (χ1n) is 7.96. The van der Waals surface area contributed by atoms with E-state index in [1.807, 2.05) is 43.5 Å². The van der Waals surface area contributed by atoms with E-state index in [4.69, 9.17) is 0 Å². The number of nitrogens with one attached hydrogen (secondary N) is 1. The fraction of sp³-hybridized carbons (Fsp3) is 0.353. The van der Waals surface area contributed by atoms with Crippen molar-refractivity contribution in [1.29, 1.82) is 0 Å². The van der Waals surface area contributed by atoms with Crippen LogP contribution in [0.1, 0.15) is 37.3 Å². The summed E-state index contributed by atoms with van der Waals surface area (Å²) in [7, 11) is -2.00. The molecule has 0 fully saturated rings. The van der Waals surface area contributed by atoms with Crippen LogP contribution in [0, 0.1) is 0 Å². The number of rotatable bonds is 6. The van der Waals surface area contributed by atoms with E-state index >= 15 is 0 Å². The number of thiophene rings is 1. The smallest absolute Gasteiger partial charge is 0.259 e. The van der Waals surface area contributed by atoms with Crippen molar-refractivity contribution in [3.8, 4) is 0 Å². The molecule has 0 aliphatic rings. The Morgan fingerprint density at radius 3 is 2.72 bits per heavy atom. The minimum atomic E-state index is -3.77. The summed E-state index contributed by atoms with van der Waals surface area (Å²) in [5.74, 6) is 0.821. The molecule has 0 saturated heterocycles. The predicted octanol–water partition coefficient (Wildman–Crippen LogP) is 2.77. The summed E-state index contributed by atoms with van der Waals surface area (Å²) in [6.45, 7) is 3.81. The van der Waals surface area contributed by atoms with Crippen molar-refractivity contribution in [2.24, 2.45) is 7.05 Å². The number of benzene rings is 1. The molecule has 8 heteroatoms. The molecule has 2 aromatic heterocycles. The van der Waals surface area contributed by atoms with Crippen LogP contribution < -0.4 is 4.72 Å². The first-order chi connectivity index (χ1) is 11.8. The van der Waals surface area contributed by atoms with E-state index in [2.05, 4.69) is 9.71 Å². The lowest BCUT2D eigenvalue weighted by atomic mass is 10.1. The number of aliphatic hydroxyl groups excluding tert-OH is 1. The van der Waals surface area contributed by atoms with E-state index < -0.39 is 16.1 Å². The van der Waals surface area contributed by atoms with Gasteiger partial charge in [0.05, 0.1) is 6.10 Å². The maximum Gasteiger partial charge on any atom is 0.259 e. The average molecular weight is 380 g/mol. The maximum atomic E-state index is 12.5. The van der Waals surface area contributed by atoms with Crippen LogP contribution in [0.4, 0.5) is 0 Å². The lowest BCUT2D eigenvalue weighted by Gasteiger charge is -2.11. The molecule has 134 valence electrons. The summed E-state index contributed by atoms with van der Waals surface area (Å²) in [5.41, 5.74) is 0.729. The highest BCUT2D eigenvalue weighted by atomic mass is 32.2. The van der Waals surface area contributed by atoms with Crippen molar-refractivity contribution in [3.05, 3.63) is 47.2 Å². The number of hydrogen-bond acceptors (Lipinski definition) is 5. The van der Waals surface area contributed by atoms with Gasteiger partial charge in [-0.1, -0.05) is 32.0 Å². The monoisotopic (exact) mass is 379 g/mol. The third kappa shape index (κ3) is 3.62. The van der Waals surface area contributed by atoms with Crippen LogP contribution in [0.5, 0.6) is 0 Å². The number of aliphatic hydroxyl groups is 1. The molecule has 0 unspecified atom stereocenters. The largest absolute Gasteiger partial charge is 0.387 e. The van der Waals surface area contributed by atoms with E-state index in [0.717, 1.165) is 15.6 Å². The molecule has 0 aliphatic heterocycles. The van der Waals surface area contributed by atoms with E-state index in [1.54, 1.807) is 11.6 Å². The van der Waals surface area contributed by atoms with Gasteiger partial charge < -0.3 is 9.67 Å². The molecule has 0 saturated carbocycles. The third-order valence-electron chi connectivity index (χ3n) is 4.02. The van der Waals surface area contributed by atoms with E-state index in [9.17, 15) is 13.5 Å². The molecule has 0 spiro atoms. The number of fused-ring (bicyclic) bond motifs is 1. The molecule has 1 aromatic carbocycles. The second kappa shape index (κ2) is 6.87. The molecule has 0 radical (unpaired) electrons. The van der Waals surface area contributed by atoms with Crippen LogP contribution >= 0.6 is 11.3 Å². The third-order valence-corrected chi connectivity index (χ3v) is 6.29. The molecular formula is C17H21N3O3S2. The van der Waals surface area contributed by atoms with Crippen LogP contribution in [-0.4, -0.2) is 29.6 Å². The first kappa shape index (κ1) is 18.1. The van der Waals surface area contributed by atoms with Crippen LogP contribution in [0.15, 0.2) is 40.9 Å². The fourth-order valence-electron chi connectivity index (χ4n) is 2.75. The topological polar surface area (TPSA) is 84.2 Å². The fourth-order valence-corrected chi connectivity index (χ4v) is 4.79. The summed E-state index contributed by atoms with van der Waals surface area (Å²) in [4.78, 5) is 4.20. The van der Waals surface area contributed by atoms with Gasteiger partial charge in [-0.05, 0) is 16.8 Å². The second-order valence-electron chi connectivity index (χ2n) is 6.26. The molecule has 0 aliphatic carbocycles. The highest BCUT2D eigenvalue weighted by Crippen LogP contribution is 2.30. The van der Waals surface area contributed by atoms with Gasteiger partial charge in [-0.3, -0.25) is 0 Å². The molecular weight excluding hydrogens is 358 g/mol. The highest BCUT2D eigenvalue weighted by molar-refractivity contribution is 7.89. The Bertz CT molecular complexity index is 990. The highest BCUT2D eigenvalue weighted by Gasteiger charge is 2.22. The number of hydrogen-bond donors (Lipinski definition) is 2. The Morgan fingerprint density at radius 2 is 2.04 bits per heavy atom. The van der Waals surface area contributed by atoms with Gasteiger partial charge in [0.25, 0.3) is 10.0 Å². The van der Waals surface area contributed by atoms with Gasteiger partial charge in [0.1, 0.15) is 5.82 Å². The molecule has 2 heterocycles. The van der Waals surface area contributed by atoms with Gasteiger partial charge >= 0.3 is 0 Å². The molecule has 6 nitrogen and oxygen atoms in total. The molecule has 2 N–H and O–H groups in total. The number of imidazole rings is 1. The predicted molar refractivity (Wildman–Crippen MR) is 99.3 cm³/mol. The lowest BCUT2D eigenvalue weighted by Crippen LogP contribution is -2.28. The SMILES string of the molecule is CC(C)c1nc(S(=O)(=O)NC[C@H](O)c2csc3ccccc23)cn1C. The van der Waals surface area contributed by atoms with Gasteiger partial charge in [0, 0.05) is 36.0 Å². The minimum absolute atomic E-state index is 0.0268.